The van der Waals surface area contributed by atoms with Crippen LogP contribution in [0.2, 0.25) is 0 Å². The third-order valence-electron chi connectivity index (χ3n) is 5.61. The molecule has 4 aromatic rings. The summed E-state index contributed by atoms with van der Waals surface area (Å²) in [7, 11) is 1.63. The lowest BCUT2D eigenvalue weighted by molar-refractivity contribution is -0.113. The van der Waals surface area contributed by atoms with Crippen LogP contribution in [0.5, 0.6) is 5.75 Å². The number of methoxy groups -OCH3 is 1. The normalized spacial score (nSPS) is 15.6. The zero-order valence-electron chi connectivity index (χ0n) is 18.5. The monoisotopic (exact) mass is 480 g/mol. The van der Waals surface area contributed by atoms with Crippen molar-refractivity contribution >= 4 is 34.4 Å². The standard InChI is InChI=1S/C23H24N6O4S/c1-32-16-7-4-14(5-8-16)21-27-28-23(29(21)12-17-3-2-10-33-17)34-13-20(30)24-15-6-9-18-19(11-15)26-22(31)25-18/h4-9,11,17H,2-3,10,12-13H2,1H3,(H,24,30)(H2,25,26,31). The van der Waals surface area contributed by atoms with Crippen molar-refractivity contribution in [2.24, 2.45) is 0 Å². The third-order valence-corrected chi connectivity index (χ3v) is 6.57. The van der Waals surface area contributed by atoms with Crippen LogP contribution in [-0.2, 0) is 16.1 Å². The fraction of sp³-hybridized carbons (Fsp3) is 0.304. The van der Waals surface area contributed by atoms with Crippen LogP contribution >= 0.6 is 11.8 Å². The van der Waals surface area contributed by atoms with Crippen LogP contribution in [0.15, 0.2) is 52.4 Å². The van der Waals surface area contributed by atoms with Crippen LogP contribution in [-0.4, -0.2) is 56.2 Å². The van der Waals surface area contributed by atoms with Crippen LogP contribution in [0.1, 0.15) is 12.8 Å². The van der Waals surface area contributed by atoms with E-state index in [4.69, 9.17) is 9.47 Å². The quantitative estimate of drug-likeness (QED) is 0.331. The topological polar surface area (TPSA) is 127 Å². The minimum atomic E-state index is -0.285. The van der Waals surface area contributed by atoms with Gasteiger partial charge in [0.25, 0.3) is 0 Å². The van der Waals surface area contributed by atoms with E-state index in [0.717, 1.165) is 36.6 Å². The summed E-state index contributed by atoms with van der Waals surface area (Å²) < 4.78 is 13.1. The average molecular weight is 481 g/mol. The minimum absolute atomic E-state index is 0.0939. The minimum Gasteiger partial charge on any atom is -0.497 e. The smallest absolute Gasteiger partial charge is 0.323 e. The lowest BCUT2D eigenvalue weighted by Gasteiger charge is -2.15. The molecule has 1 aliphatic rings. The number of nitrogens with zero attached hydrogens (tertiary/aromatic N) is 3. The number of hydrogen-bond donors (Lipinski definition) is 3. The Balaban J connectivity index is 1.31. The average Bonchev–Trinajstić information content (AvgIpc) is 3.58. The summed E-state index contributed by atoms with van der Waals surface area (Å²) in [5, 5.41) is 12.3. The van der Waals surface area contributed by atoms with Gasteiger partial charge in [-0.1, -0.05) is 11.8 Å². The van der Waals surface area contributed by atoms with Gasteiger partial charge in [-0.25, -0.2) is 4.79 Å². The summed E-state index contributed by atoms with van der Waals surface area (Å²) in [5.74, 6) is 1.47. The van der Waals surface area contributed by atoms with Crippen molar-refractivity contribution in [2.45, 2.75) is 30.6 Å². The molecule has 0 bridgehead atoms. The van der Waals surface area contributed by atoms with E-state index in [1.165, 1.54) is 11.8 Å². The molecule has 5 rings (SSSR count). The van der Waals surface area contributed by atoms with Gasteiger partial charge in [0.15, 0.2) is 11.0 Å². The van der Waals surface area contributed by atoms with Gasteiger partial charge in [-0.15, -0.1) is 10.2 Å². The van der Waals surface area contributed by atoms with E-state index < -0.39 is 0 Å². The van der Waals surface area contributed by atoms with E-state index in [1.54, 1.807) is 25.3 Å². The molecule has 1 fully saturated rings. The molecular formula is C23H24N6O4S. The molecule has 1 unspecified atom stereocenters. The first kappa shape index (κ1) is 22.2. The number of amides is 1. The van der Waals surface area contributed by atoms with Gasteiger partial charge in [0.1, 0.15) is 5.75 Å². The van der Waals surface area contributed by atoms with E-state index in [0.29, 0.717) is 28.4 Å². The van der Waals surface area contributed by atoms with Gasteiger partial charge >= 0.3 is 5.69 Å². The zero-order valence-corrected chi connectivity index (χ0v) is 19.4. The summed E-state index contributed by atoms with van der Waals surface area (Å²) in [6.07, 6.45) is 2.11. The molecule has 0 radical (unpaired) electrons. The molecule has 2 aromatic carbocycles. The summed E-state index contributed by atoms with van der Waals surface area (Å²) in [4.78, 5) is 29.4. The highest BCUT2D eigenvalue weighted by Gasteiger charge is 2.22. The maximum atomic E-state index is 12.6. The zero-order chi connectivity index (χ0) is 23.5. The summed E-state index contributed by atoms with van der Waals surface area (Å²) in [5.41, 5.74) is 2.55. The molecule has 10 nitrogen and oxygen atoms in total. The first-order chi connectivity index (χ1) is 16.6. The second-order valence-corrected chi connectivity index (χ2v) is 8.90. The Morgan fingerprint density at radius 3 is 2.79 bits per heavy atom. The Bertz CT molecular complexity index is 1350. The van der Waals surface area contributed by atoms with E-state index in [9.17, 15) is 9.59 Å². The molecule has 1 atom stereocenters. The number of aromatic amines is 2. The number of ether oxygens (including phenoxy) is 2. The SMILES string of the molecule is COc1ccc(-c2nnc(SCC(=O)Nc3ccc4[nH]c(=O)[nH]c4c3)n2CC2CCCO2)cc1. The fourth-order valence-electron chi connectivity index (χ4n) is 3.94. The number of aromatic nitrogens is 5. The van der Waals surface area contributed by atoms with Crippen LogP contribution in [0, 0.1) is 0 Å². The van der Waals surface area contributed by atoms with Crippen molar-refractivity contribution < 1.29 is 14.3 Å². The van der Waals surface area contributed by atoms with Gasteiger partial charge in [0.2, 0.25) is 5.91 Å². The van der Waals surface area contributed by atoms with Gasteiger partial charge < -0.3 is 24.8 Å². The Labute approximate surface area is 199 Å². The molecular weight excluding hydrogens is 456 g/mol. The highest BCUT2D eigenvalue weighted by Crippen LogP contribution is 2.28. The van der Waals surface area contributed by atoms with Crippen molar-refractivity contribution in [1.82, 2.24) is 24.7 Å². The van der Waals surface area contributed by atoms with Crippen LogP contribution < -0.4 is 15.7 Å². The van der Waals surface area contributed by atoms with Gasteiger partial charge in [-0.05, 0) is 55.3 Å². The first-order valence-electron chi connectivity index (χ1n) is 10.9. The van der Waals surface area contributed by atoms with Gasteiger partial charge in [0.05, 0.1) is 36.5 Å². The summed E-state index contributed by atoms with van der Waals surface area (Å²) in [6.45, 7) is 1.38. The van der Waals surface area contributed by atoms with Crippen molar-refractivity contribution in [3.8, 4) is 17.1 Å². The number of H-pyrrole nitrogens is 2. The summed E-state index contributed by atoms with van der Waals surface area (Å²) >= 11 is 1.32. The number of hydrogen-bond acceptors (Lipinski definition) is 7. The van der Waals surface area contributed by atoms with Gasteiger partial charge in [-0.3, -0.25) is 9.36 Å². The molecule has 176 valence electrons. The molecule has 34 heavy (non-hydrogen) atoms. The van der Waals surface area contributed by atoms with Gasteiger partial charge in [0, 0.05) is 17.9 Å². The molecule has 1 saturated heterocycles. The second-order valence-electron chi connectivity index (χ2n) is 7.96. The van der Waals surface area contributed by atoms with Crippen LogP contribution in [0.3, 0.4) is 0 Å². The summed E-state index contributed by atoms with van der Waals surface area (Å²) in [6, 6.07) is 12.9. The van der Waals surface area contributed by atoms with E-state index >= 15 is 0 Å². The predicted octanol–water partition coefficient (Wildman–Crippen LogP) is 3.03. The molecule has 3 heterocycles. The largest absolute Gasteiger partial charge is 0.497 e. The Kier molecular flexibility index (Phi) is 6.37. The number of benzene rings is 2. The van der Waals surface area contributed by atoms with Crippen molar-refractivity contribution in [1.29, 1.82) is 0 Å². The highest BCUT2D eigenvalue weighted by atomic mass is 32.2. The third kappa shape index (κ3) is 4.85. The van der Waals surface area contributed by atoms with E-state index in [1.807, 2.05) is 28.8 Å². The molecule has 1 amide bonds. The van der Waals surface area contributed by atoms with E-state index in [-0.39, 0.29) is 23.5 Å². The Hall–Kier alpha value is -3.57. The molecule has 0 aliphatic carbocycles. The van der Waals surface area contributed by atoms with Crippen LogP contribution in [0.4, 0.5) is 5.69 Å². The molecule has 1 aliphatic heterocycles. The number of carbonyl (C=O) groups is 1. The van der Waals surface area contributed by atoms with Crippen molar-refractivity contribution in [2.75, 3.05) is 24.8 Å². The maximum Gasteiger partial charge on any atom is 0.323 e. The van der Waals surface area contributed by atoms with E-state index in [2.05, 4.69) is 25.5 Å². The van der Waals surface area contributed by atoms with Crippen molar-refractivity contribution in [3.05, 3.63) is 52.9 Å². The Morgan fingerprint density at radius 1 is 1.21 bits per heavy atom. The number of rotatable bonds is 8. The number of thioether (sulfide) groups is 1. The molecule has 3 N–H and O–H groups in total. The highest BCUT2D eigenvalue weighted by molar-refractivity contribution is 7.99. The number of anilines is 1. The predicted molar refractivity (Wildman–Crippen MR) is 129 cm³/mol. The number of carbonyl (C=O) groups excluding carboxylic acids is 1. The van der Waals surface area contributed by atoms with Crippen LogP contribution in [0.25, 0.3) is 22.4 Å². The first-order valence-corrected chi connectivity index (χ1v) is 11.9. The Morgan fingerprint density at radius 2 is 2.03 bits per heavy atom. The van der Waals surface area contributed by atoms with Crippen molar-refractivity contribution in [3.63, 3.8) is 0 Å². The second kappa shape index (κ2) is 9.74. The number of nitrogens with one attached hydrogen (secondary N) is 3. The number of fused-ring (bicyclic) bond motifs is 1. The number of imidazole rings is 1. The molecule has 11 heteroatoms. The fourth-order valence-corrected chi connectivity index (χ4v) is 4.69. The molecule has 2 aromatic heterocycles. The van der Waals surface area contributed by atoms with Gasteiger partial charge in [-0.2, -0.15) is 0 Å². The lowest BCUT2D eigenvalue weighted by atomic mass is 10.2. The lowest BCUT2D eigenvalue weighted by Crippen LogP contribution is -2.18. The maximum absolute atomic E-state index is 12.6. The molecule has 0 saturated carbocycles. The molecule has 0 spiro atoms.